The van der Waals surface area contributed by atoms with Crippen LogP contribution in [0.4, 0.5) is 0 Å². The molecule has 2 heterocycles. The number of fused-ring (bicyclic) bond motifs is 1. The van der Waals surface area contributed by atoms with Crippen molar-refractivity contribution in [1.29, 1.82) is 0 Å². The molecule has 4 unspecified atom stereocenters. The van der Waals surface area contributed by atoms with Gasteiger partial charge in [-0.25, -0.2) is 0 Å². The van der Waals surface area contributed by atoms with E-state index in [4.69, 9.17) is 10.5 Å². The van der Waals surface area contributed by atoms with Crippen LogP contribution >= 0.6 is 11.8 Å². The van der Waals surface area contributed by atoms with Crippen molar-refractivity contribution >= 4 is 17.7 Å². The predicted molar refractivity (Wildman–Crippen MR) is 151 cm³/mol. The molecule has 2 aliphatic heterocycles. The number of amides is 1. The number of ether oxygens (including phenoxy) is 1. The second kappa shape index (κ2) is 12.7. The van der Waals surface area contributed by atoms with Gasteiger partial charge in [0.05, 0.1) is 17.5 Å². The Kier molecular flexibility index (Phi) is 9.57. The van der Waals surface area contributed by atoms with Crippen LogP contribution in [0.3, 0.4) is 0 Å². The number of thioether (sulfide) groups is 1. The number of nitrogens with zero attached hydrogens (tertiary/aromatic N) is 1. The van der Waals surface area contributed by atoms with E-state index in [9.17, 15) is 9.90 Å². The lowest BCUT2D eigenvalue weighted by molar-refractivity contribution is -0.120. The molecule has 4 rings (SSSR count). The number of carbonyl (C=O) groups excluding carboxylic acids is 1. The number of benzene rings is 2. The first-order valence-electron chi connectivity index (χ1n) is 13.7. The Morgan fingerprint density at radius 2 is 1.89 bits per heavy atom. The van der Waals surface area contributed by atoms with Crippen LogP contribution in [-0.2, 0) is 16.0 Å². The quantitative estimate of drug-likeness (QED) is 0.410. The van der Waals surface area contributed by atoms with Crippen LogP contribution in [0, 0.1) is 19.8 Å². The van der Waals surface area contributed by atoms with E-state index in [-0.39, 0.29) is 29.4 Å². The van der Waals surface area contributed by atoms with Crippen molar-refractivity contribution in [2.24, 2.45) is 11.7 Å². The molecule has 0 radical (unpaired) electrons. The van der Waals surface area contributed by atoms with Crippen molar-refractivity contribution < 1.29 is 14.6 Å². The molecule has 0 aliphatic carbocycles. The average Bonchev–Trinajstić information content (AvgIpc) is 2.90. The number of hydrogen-bond acceptors (Lipinski definition) is 6. The fourth-order valence-corrected chi connectivity index (χ4v) is 6.54. The molecule has 2 aromatic carbocycles. The Morgan fingerprint density at radius 3 is 2.59 bits per heavy atom. The maximum atomic E-state index is 12.7. The number of likely N-dealkylation sites (tertiary alicyclic amines) is 1. The molecule has 0 bridgehead atoms. The highest BCUT2D eigenvalue weighted by Gasteiger charge is 2.35. The van der Waals surface area contributed by atoms with Gasteiger partial charge in [-0.05, 0) is 88.7 Å². The van der Waals surface area contributed by atoms with E-state index in [0.29, 0.717) is 18.2 Å². The number of phenols is 1. The molecule has 7 heteroatoms. The lowest BCUT2D eigenvalue weighted by Crippen LogP contribution is -2.44. The van der Waals surface area contributed by atoms with Crippen molar-refractivity contribution in [2.45, 2.75) is 81.8 Å². The molecule has 0 aromatic heterocycles. The van der Waals surface area contributed by atoms with Gasteiger partial charge in [0, 0.05) is 36.0 Å². The van der Waals surface area contributed by atoms with Gasteiger partial charge in [0.1, 0.15) is 5.75 Å². The molecule has 4 N–H and O–H groups in total. The molecule has 1 amide bonds. The first kappa shape index (κ1) is 28.0. The van der Waals surface area contributed by atoms with Gasteiger partial charge in [-0.3, -0.25) is 4.79 Å². The Bertz CT molecular complexity index is 1070. The molecule has 2 aliphatic rings. The topological polar surface area (TPSA) is 87.8 Å². The molecular formula is C30H43N3O3S. The number of rotatable bonds is 9. The minimum Gasteiger partial charge on any atom is -0.507 e. The standard InChI is InChI=1S/C30H43N3O3S/c1-19-7-5-6-8-28(19)37-22(4)30(35)32-21(3)11-14-33-15-12-23(13-16-33)26-17-25-24(27(18-31)36-26)10-9-20(2)29(25)34/h5-10,21-23,26-27,34H,11-18,31H2,1-4H3,(H,32,35). The van der Waals surface area contributed by atoms with Crippen LogP contribution in [0.25, 0.3) is 0 Å². The lowest BCUT2D eigenvalue weighted by Gasteiger charge is -2.40. The monoisotopic (exact) mass is 525 g/mol. The van der Waals surface area contributed by atoms with Crippen molar-refractivity contribution in [1.82, 2.24) is 10.2 Å². The number of phenolic OH excluding ortho intramolecular Hbond substituents is 1. The summed E-state index contributed by atoms with van der Waals surface area (Å²) < 4.78 is 6.44. The molecular weight excluding hydrogens is 482 g/mol. The van der Waals surface area contributed by atoms with Gasteiger partial charge >= 0.3 is 0 Å². The maximum absolute atomic E-state index is 12.7. The molecule has 2 aromatic rings. The summed E-state index contributed by atoms with van der Waals surface area (Å²) in [4.78, 5) is 16.4. The number of aryl methyl sites for hydroxylation is 2. The summed E-state index contributed by atoms with van der Waals surface area (Å²) in [5.74, 6) is 0.973. The van der Waals surface area contributed by atoms with E-state index in [2.05, 4.69) is 42.3 Å². The van der Waals surface area contributed by atoms with E-state index in [1.54, 1.807) is 11.8 Å². The van der Waals surface area contributed by atoms with Crippen molar-refractivity contribution in [2.75, 3.05) is 26.2 Å². The summed E-state index contributed by atoms with van der Waals surface area (Å²) in [6.07, 6.45) is 3.80. The fourth-order valence-electron chi connectivity index (χ4n) is 5.57. The largest absolute Gasteiger partial charge is 0.507 e. The number of piperidine rings is 1. The third-order valence-corrected chi connectivity index (χ3v) is 9.30. The lowest BCUT2D eigenvalue weighted by atomic mass is 9.83. The number of hydrogen-bond donors (Lipinski definition) is 3. The third kappa shape index (κ3) is 6.88. The molecule has 0 saturated carbocycles. The van der Waals surface area contributed by atoms with Crippen LogP contribution in [-0.4, -0.2) is 59.5 Å². The molecule has 202 valence electrons. The highest BCUT2D eigenvalue weighted by atomic mass is 32.2. The van der Waals surface area contributed by atoms with Crippen LogP contribution in [0.1, 0.15) is 61.5 Å². The minimum atomic E-state index is -0.144. The summed E-state index contributed by atoms with van der Waals surface area (Å²) in [5.41, 5.74) is 10.2. The zero-order chi connectivity index (χ0) is 26.5. The number of carbonyl (C=O) groups is 1. The maximum Gasteiger partial charge on any atom is 0.233 e. The van der Waals surface area contributed by atoms with E-state index in [1.165, 1.54) is 5.56 Å². The van der Waals surface area contributed by atoms with Crippen molar-refractivity contribution in [3.63, 3.8) is 0 Å². The van der Waals surface area contributed by atoms with E-state index in [0.717, 1.165) is 66.9 Å². The van der Waals surface area contributed by atoms with Gasteiger partial charge in [0.25, 0.3) is 0 Å². The third-order valence-electron chi connectivity index (χ3n) is 8.02. The average molecular weight is 526 g/mol. The minimum absolute atomic E-state index is 0.0985. The zero-order valence-electron chi connectivity index (χ0n) is 22.7. The summed E-state index contributed by atoms with van der Waals surface area (Å²) in [6, 6.07) is 12.4. The summed E-state index contributed by atoms with van der Waals surface area (Å²) in [5, 5.41) is 13.8. The molecule has 1 saturated heterocycles. The highest BCUT2D eigenvalue weighted by Crippen LogP contribution is 2.40. The van der Waals surface area contributed by atoms with Crippen LogP contribution in [0.5, 0.6) is 5.75 Å². The number of nitrogens with two attached hydrogens (primary N) is 1. The number of nitrogens with one attached hydrogen (secondary N) is 1. The van der Waals surface area contributed by atoms with Gasteiger partial charge in [-0.2, -0.15) is 0 Å². The number of aromatic hydroxyl groups is 1. The second-order valence-corrected chi connectivity index (χ2v) is 12.2. The SMILES string of the molecule is Cc1ccccc1SC(C)C(=O)NC(C)CCN1CCC(C2Cc3c(ccc(C)c3O)C(CN)O2)CC1. The van der Waals surface area contributed by atoms with Gasteiger partial charge < -0.3 is 25.8 Å². The van der Waals surface area contributed by atoms with E-state index < -0.39 is 0 Å². The normalized spacial score (nSPS) is 22.3. The Balaban J connectivity index is 1.21. The summed E-state index contributed by atoms with van der Waals surface area (Å²) >= 11 is 1.62. The molecule has 0 spiro atoms. The smallest absolute Gasteiger partial charge is 0.233 e. The molecule has 1 fully saturated rings. The Labute approximate surface area is 226 Å². The van der Waals surface area contributed by atoms with Crippen molar-refractivity contribution in [3.8, 4) is 5.75 Å². The highest BCUT2D eigenvalue weighted by molar-refractivity contribution is 8.00. The first-order chi connectivity index (χ1) is 17.8. The predicted octanol–water partition coefficient (Wildman–Crippen LogP) is 4.74. The second-order valence-electron chi connectivity index (χ2n) is 10.8. The van der Waals surface area contributed by atoms with Gasteiger partial charge in [-0.15, -0.1) is 11.8 Å². The van der Waals surface area contributed by atoms with Crippen LogP contribution < -0.4 is 11.1 Å². The van der Waals surface area contributed by atoms with Gasteiger partial charge in [0.2, 0.25) is 5.91 Å². The molecule has 6 nitrogen and oxygen atoms in total. The zero-order valence-corrected chi connectivity index (χ0v) is 23.5. The van der Waals surface area contributed by atoms with Crippen molar-refractivity contribution in [3.05, 3.63) is 58.7 Å². The Hall–Kier alpha value is -2.06. The van der Waals surface area contributed by atoms with E-state index >= 15 is 0 Å². The Morgan fingerprint density at radius 1 is 1.16 bits per heavy atom. The van der Waals surface area contributed by atoms with Crippen LogP contribution in [0.15, 0.2) is 41.3 Å². The van der Waals surface area contributed by atoms with Crippen LogP contribution in [0.2, 0.25) is 0 Å². The summed E-state index contributed by atoms with van der Waals surface area (Å²) in [7, 11) is 0. The van der Waals surface area contributed by atoms with Gasteiger partial charge in [-0.1, -0.05) is 30.3 Å². The first-order valence-corrected chi connectivity index (χ1v) is 14.6. The fraction of sp³-hybridized carbons (Fsp3) is 0.567. The summed E-state index contributed by atoms with van der Waals surface area (Å²) in [6.45, 7) is 11.6. The molecule has 37 heavy (non-hydrogen) atoms. The van der Waals surface area contributed by atoms with Gasteiger partial charge in [0.15, 0.2) is 0 Å². The molecule has 4 atom stereocenters. The van der Waals surface area contributed by atoms with E-state index in [1.807, 2.05) is 32.0 Å².